The molecule has 2 rings (SSSR count). The van der Waals surface area contributed by atoms with Crippen molar-refractivity contribution in [3.8, 4) is 0 Å². The van der Waals surface area contributed by atoms with E-state index in [1.807, 2.05) is 0 Å². The van der Waals surface area contributed by atoms with Gasteiger partial charge in [0, 0.05) is 18.8 Å². The normalized spacial score (nSPS) is 17.7. The molecule has 4 heteroatoms. The van der Waals surface area contributed by atoms with Gasteiger partial charge in [-0.3, -0.25) is 0 Å². The number of hydrogen-bond acceptors (Lipinski definition) is 1. The molecule has 1 fully saturated rings. The second-order valence-electron chi connectivity index (χ2n) is 4.05. The first-order valence-electron chi connectivity index (χ1n) is 4.89. The van der Waals surface area contributed by atoms with Crippen LogP contribution < -0.4 is 4.90 Å². The number of alkyl halides is 3. The van der Waals surface area contributed by atoms with Crippen LogP contribution in [0.4, 0.5) is 18.9 Å². The smallest absolute Gasteiger partial charge is 0.371 e. The second-order valence-corrected chi connectivity index (χ2v) is 4.05. The Kier molecular flexibility index (Phi) is 2.37. The standard InChI is InChI=1S/C11H12F3N/c1-8-6-15(7-8)10-4-2-9(3-5-10)11(12,13)14/h2-5,8H,6-7H2,1H3. The summed E-state index contributed by atoms with van der Waals surface area (Å²) in [6.45, 7) is 4.00. The van der Waals surface area contributed by atoms with Gasteiger partial charge in [-0.1, -0.05) is 6.92 Å². The van der Waals surface area contributed by atoms with E-state index in [9.17, 15) is 13.2 Å². The van der Waals surface area contributed by atoms with Gasteiger partial charge in [0.15, 0.2) is 0 Å². The maximum atomic E-state index is 12.3. The van der Waals surface area contributed by atoms with Crippen molar-refractivity contribution in [3.63, 3.8) is 0 Å². The van der Waals surface area contributed by atoms with Crippen LogP contribution in [0.25, 0.3) is 0 Å². The Morgan fingerprint density at radius 2 is 1.67 bits per heavy atom. The SMILES string of the molecule is CC1CN(c2ccc(C(F)(F)F)cc2)C1. The second kappa shape index (κ2) is 3.43. The molecule has 0 aliphatic carbocycles. The predicted molar refractivity (Wildman–Crippen MR) is 52.8 cm³/mol. The quantitative estimate of drug-likeness (QED) is 0.695. The molecular formula is C11H12F3N. The van der Waals surface area contributed by atoms with Crippen molar-refractivity contribution >= 4 is 5.69 Å². The predicted octanol–water partition coefficient (Wildman–Crippen LogP) is 3.16. The fourth-order valence-corrected chi connectivity index (χ4v) is 1.77. The molecule has 1 nitrogen and oxygen atoms in total. The minimum Gasteiger partial charge on any atom is -0.371 e. The fourth-order valence-electron chi connectivity index (χ4n) is 1.77. The molecule has 1 aliphatic heterocycles. The molecule has 0 bridgehead atoms. The maximum absolute atomic E-state index is 12.3. The van der Waals surface area contributed by atoms with Crippen LogP contribution >= 0.6 is 0 Å². The summed E-state index contributed by atoms with van der Waals surface area (Å²) in [5, 5.41) is 0. The molecular weight excluding hydrogens is 203 g/mol. The van der Waals surface area contributed by atoms with E-state index in [-0.39, 0.29) is 0 Å². The Balaban J connectivity index is 2.11. The third-order valence-corrected chi connectivity index (χ3v) is 2.62. The molecule has 0 atom stereocenters. The Labute approximate surface area is 86.5 Å². The van der Waals surface area contributed by atoms with Gasteiger partial charge in [-0.05, 0) is 30.2 Å². The number of rotatable bonds is 1. The van der Waals surface area contributed by atoms with Crippen LogP contribution in [0, 0.1) is 5.92 Å². The lowest BCUT2D eigenvalue weighted by Crippen LogP contribution is -2.45. The van der Waals surface area contributed by atoms with Crippen molar-refractivity contribution < 1.29 is 13.2 Å². The van der Waals surface area contributed by atoms with Crippen molar-refractivity contribution in [1.29, 1.82) is 0 Å². The van der Waals surface area contributed by atoms with Crippen LogP contribution in [0.3, 0.4) is 0 Å². The van der Waals surface area contributed by atoms with Gasteiger partial charge < -0.3 is 4.90 Å². The van der Waals surface area contributed by atoms with E-state index >= 15 is 0 Å². The monoisotopic (exact) mass is 215 g/mol. The van der Waals surface area contributed by atoms with Gasteiger partial charge in [-0.15, -0.1) is 0 Å². The van der Waals surface area contributed by atoms with Gasteiger partial charge in [0.25, 0.3) is 0 Å². The molecule has 15 heavy (non-hydrogen) atoms. The third-order valence-electron chi connectivity index (χ3n) is 2.62. The zero-order chi connectivity index (χ0) is 11.1. The summed E-state index contributed by atoms with van der Waals surface area (Å²) in [6, 6.07) is 5.35. The highest BCUT2D eigenvalue weighted by Crippen LogP contribution is 2.31. The number of anilines is 1. The topological polar surface area (TPSA) is 3.24 Å². The molecule has 1 aliphatic rings. The van der Waals surface area contributed by atoms with Crippen LogP contribution in [0.15, 0.2) is 24.3 Å². The van der Waals surface area contributed by atoms with Gasteiger partial charge in [0.05, 0.1) is 5.56 Å². The summed E-state index contributed by atoms with van der Waals surface area (Å²) >= 11 is 0. The first-order chi connectivity index (χ1) is 6.97. The minimum absolute atomic E-state index is 0.583. The van der Waals surface area contributed by atoms with E-state index in [4.69, 9.17) is 0 Å². The zero-order valence-electron chi connectivity index (χ0n) is 8.38. The molecule has 0 unspecified atom stereocenters. The molecule has 1 aromatic rings. The Bertz CT molecular complexity index is 336. The number of halogens is 3. The lowest BCUT2D eigenvalue weighted by Gasteiger charge is -2.39. The van der Waals surface area contributed by atoms with E-state index in [1.54, 1.807) is 0 Å². The van der Waals surface area contributed by atoms with E-state index in [2.05, 4.69) is 11.8 Å². The molecule has 0 aromatic heterocycles. The Morgan fingerprint density at radius 3 is 2.07 bits per heavy atom. The van der Waals surface area contributed by atoms with Crippen LogP contribution in [0.2, 0.25) is 0 Å². The van der Waals surface area contributed by atoms with Gasteiger partial charge in [-0.2, -0.15) is 13.2 Å². The third kappa shape index (κ3) is 2.08. The first-order valence-corrected chi connectivity index (χ1v) is 4.89. The van der Waals surface area contributed by atoms with E-state index < -0.39 is 11.7 Å². The average Bonchev–Trinajstić information content (AvgIpc) is 2.12. The molecule has 82 valence electrons. The largest absolute Gasteiger partial charge is 0.416 e. The van der Waals surface area contributed by atoms with Gasteiger partial charge in [0.2, 0.25) is 0 Å². The summed E-state index contributed by atoms with van der Waals surface area (Å²) in [5.41, 5.74) is 0.293. The Morgan fingerprint density at radius 1 is 1.13 bits per heavy atom. The molecule has 0 N–H and O–H groups in total. The lowest BCUT2D eigenvalue weighted by molar-refractivity contribution is -0.137. The minimum atomic E-state index is -4.24. The Hall–Kier alpha value is -1.19. The van der Waals surface area contributed by atoms with Gasteiger partial charge >= 0.3 is 6.18 Å². The summed E-state index contributed by atoms with van der Waals surface area (Å²) in [4.78, 5) is 2.07. The molecule has 0 spiro atoms. The highest BCUT2D eigenvalue weighted by molar-refractivity contribution is 5.50. The molecule has 1 heterocycles. The lowest BCUT2D eigenvalue weighted by atomic mass is 10.0. The van der Waals surface area contributed by atoms with Crippen molar-refractivity contribution in [2.75, 3.05) is 18.0 Å². The van der Waals surface area contributed by atoms with E-state index in [1.165, 1.54) is 12.1 Å². The first kappa shape index (κ1) is 10.3. The molecule has 1 aromatic carbocycles. The van der Waals surface area contributed by atoms with Crippen LogP contribution in [-0.4, -0.2) is 13.1 Å². The summed E-state index contributed by atoms with van der Waals surface area (Å²) in [7, 11) is 0. The van der Waals surface area contributed by atoms with Crippen LogP contribution in [0.5, 0.6) is 0 Å². The number of nitrogens with zero attached hydrogens (tertiary/aromatic N) is 1. The highest BCUT2D eigenvalue weighted by Gasteiger charge is 2.30. The highest BCUT2D eigenvalue weighted by atomic mass is 19.4. The van der Waals surface area contributed by atoms with Crippen molar-refractivity contribution in [2.24, 2.45) is 5.92 Å². The zero-order valence-corrected chi connectivity index (χ0v) is 8.38. The average molecular weight is 215 g/mol. The van der Waals surface area contributed by atoms with Crippen molar-refractivity contribution in [1.82, 2.24) is 0 Å². The number of benzene rings is 1. The van der Waals surface area contributed by atoms with Gasteiger partial charge in [-0.25, -0.2) is 0 Å². The molecule has 0 amide bonds. The molecule has 0 saturated carbocycles. The maximum Gasteiger partial charge on any atom is 0.416 e. The van der Waals surface area contributed by atoms with Crippen LogP contribution in [-0.2, 0) is 6.18 Å². The van der Waals surface area contributed by atoms with Gasteiger partial charge in [0.1, 0.15) is 0 Å². The summed E-state index contributed by atoms with van der Waals surface area (Å²) in [6.07, 6.45) is -4.24. The van der Waals surface area contributed by atoms with E-state index in [0.29, 0.717) is 5.92 Å². The molecule has 1 saturated heterocycles. The van der Waals surface area contributed by atoms with E-state index in [0.717, 1.165) is 30.9 Å². The van der Waals surface area contributed by atoms with Crippen molar-refractivity contribution in [2.45, 2.75) is 13.1 Å². The van der Waals surface area contributed by atoms with Crippen LogP contribution in [0.1, 0.15) is 12.5 Å². The number of hydrogen-bond donors (Lipinski definition) is 0. The fraction of sp³-hybridized carbons (Fsp3) is 0.455. The summed E-state index contributed by atoms with van der Waals surface area (Å²) in [5.74, 6) is 0.646. The molecule has 0 radical (unpaired) electrons. The summed E-state index contributed by atoms with van der Waals surface area (Å²) < 4.78 is 36.8. The van der Waals surface area contributed by atoms with Crippen molar-refractivity contribution in [3.05, 3.63) is 29.8 Å².